The highest BCUT2D eigenvalue weighted by Crippen LogP contribution is 2.37. The molecular weight excluding hydrogens is 300 g/mol. The van der Waals surface area contributed by atoms with Crippen molar-refractivity contribution in [3.05, 3.63) is 34.3 Å². The average molecular weight is 328 g/mol. The second kappa shape index (κ2) is 6.93. The van der Waals surface area contributed by atoms with Crippen molar-refractivity contribution in [2.24, 2.45) is 12.0 Å². The molecule has 5 nitrogen and oxygen atoms in total. The lowest BCUT2D eigenvalue weighted by Crippen LogP contribution is -2.30. The highest BCUT2D eigenvalue weighted by atomic mass is 16.3. The summed E-state index contributed by atoms with van der Waals surface area (Å²) in [5, 5.41) is 15.3. The zero-order valence-electron chi connectivity index (χ0n) is 15.2. The van der Waals surface area contributed by atoms with Crippen LogP contribution < -0.4 is 4.90 Å². The van der Waals surface area contributed by atoms with E-state index < -0.39 is 6.10 Å². The summed E-state index contributed by atoms with van der Waals surface area (Å²) in [7, 11) is 1.95. The van der Waals surface area contributed by atoms with Crippen molar-refractivity contribution in [3.63, 3.8) is 0 Å². The Hall–Kier alpha value is -1.88. The van der Waals surface area contributed by atoms with Crippen molar-refractivity contribution in [2.75, 3.05) is 11.4 Å². The first kappa shape index (κ1) is 17.0. The quantitative estimate of drug-likeness (QED) is 0.918. The van der Waals surface area contributed by atoms with Crippen LogP contribution in [0.15, 0.2) is 28.0 Å². The molecule has 0 fully saturated rings. The van der Waals surface area contributed by atoms with Gasteiger partial charge in [-0.1, -0.05) is 18.9 Å². The Labute approximate surface area is 144 Å². The van der Waals surface area contributed by atoms with Gasteiger partial charge in [-0.3, -0.25) is 9.67 Å². The van der Waals surface area contributed by atoms with E-state index in [-0.39, 0.29) is 0 Å². The molecule has 3 heterocycles. The molecule has 0 bridgehead atoms. The molecule has 0 aliphatic carbocycles. The number of hydrogen-bond acceptors (Lipinski definition) is 4. The van der Waals surface area contributed by atoms with Gasteiger partial charge in [0.1, 0.15) is 0 Å². The number of rotatable bonds is 4. The molecule has 1 N–H and O–H groups in total. The molecule has 1 atom stereocenters. The number of anilines is 1. The minimum absolute atomic E-state index is 0.430. The fourth-order valence-corrected chi connectivity index (χ4v) is 3.73. The SMILES string of the molecule is CCCC(O)c1c2c(nn1C)N(C1=C(C)N=CC=C(C)C1)CCC2. The highest BCUT2D eigenvalue weighted by Gasteiger charge is 2.30. The predicted octanol–water partition coefficient (Wildman–Crippen LogP) is 3.66. The van der Waals surface area contributed by atoms with E-state index in [9.17, 15) is 5.11 Å². The van der Waals surface area contributed by atoms with Gasteiger partial charge in [0, 0.05) is 37.5 Å². The summed E-state index contributed by atoms with van der Waals surface area (Å²) in [6.07, 6.45) is 8.24. The molecule has 2 aliphatic rings. The zero-order chi connectivity index (χ0) is 17.3. The molecule has 1 aromatic rings. The average Bonchev–Trinajstić information content (AvgIpc) is 2.79. The summed E-state index contributed by atoms with van der Waals surface area (Å²) in [6.45, 7) is 7.28. The molecule has 0 saturated carbocycles. The Morgan fingerprint density at radius 1 is 1.33 bits per heavy atom. The monoisotopic (exact) mass is 328 g/mol. The number of hydrogen-bond donors (Lipinski definition) is 1. The van der Waals surface area contributed by atoms with Gasteiger partial charge in [0.25, 0.3) is 0 Å². The second-order valence-corrected chi connectivity index (χ2v) is 6.87. The van der Waals surface area contributed by atoms with Crippen molar-refractivity contribution < 1.29 is 5.11 Å². The largest absolute Gasteiger partial charge is 0.387 e. The lowest BCUT2D eigenvalue weighted by molar-refractivity contribution is 0.156. The topological polar surface area (TPSA) is 53.7 Å². The molecular formula is C19H28N4O. The number of aliphatic imine (C=N–C) groups is 1. The van der Waals surface area contributed by atoms with Gasteiger partial charge >= 0.3 is 0 Å². The fraction of sp³-hybridized carbons (Fsp3) is 0.579. The van der Waals surface area contributed by atoms with Crippen LogP contribution >= 0.6 is 0 Å². The fourth-order valence-electron chi connectivity index (χ4n) is 3.73. The summed E-state index contributed by atoms with van der Waals surface area (Å²) in [5.41, 5.74) is 5.78. The van der Waals surface area contributed by atoms with E-state index in [1.54, 1.807) is 0 Å². The van der Waals surface area contributed by atoms with Gasteiger partial charge in [-0.15, -0.1) is 0 Å². The van der Waals surface area contributed by atoms with Crippen LogP contribution in [0.25, 0.3) is 0 Å². The van der Waals surface area contributed by atoms with Crippen LogP contribution in [-0.2, 0) is 13.5 Å². The molecule has 1 unspecified atom stereocenters. The molecule has 24 heavy (non-hydrogen) atoms. The van der Waals surface area contributed by atoms with Crippen LogP contribution in [0.2, 0.25) is 0 Å². The van der Waals surface area contributed by atoms with Crippen LogP contribution in [0, 0.1) is 0 Å². The number of aryl methyl sites for hydroxylation is 1. The summed E-state index contributed by atoms with van der Waals surface area (Å²) in [6, 6.07) is 0. The molecule has 0 spiro atoms. The Morgan fingerprint density at radius 2 is 2.12 bits per heavy atom. The molecule has 5 heteroatoms. The van der Waals surface area contributed by atoms with Crippen molar-refractivity contribution in [1.82, 2.24) is 9.78 Å². The van der Waals surface area contributed by atoms with E-state index in [1.165, 1.54) is 16.8 Å². The van der Waals surface area contributed by atoms with Gasteiger partial charge in [-0.05, 0) is 39.2 Å². The molecule has 0 amide bonds. The molecule has 0 aromatic carbocycles. The third-order valence-corrected chi connectivity index (χ3v) is 4.93. The van der Waals surface area contributed by atoms with Gasteiger partial charge in [-0.2, -0.15) is 5.10 Å². The smallest absolute Gasteiger partial charge is 0.158 e. The van der Waals surface area contributed by atoms with Crippen LogP contribution in [0.4, 0.5) is 5.82 Å². The van der Waals surface area contributed by atoms with Gasteiger partial charge in [0.05, 0.1) is 17.5 Å². The lowest BCUT2D eigenvalue weighted by atomic mass is 9.98. The van der Waals surface area contributed by atoms with E-state index in [0.717, 1.165) is 55.9 Å². The Balaban J connectivity index is 2.03. The van der Waals surface area contributed by atoms with E-state index in [4.69, 9.17) is 5.10 Å². The van der Waals surface area contributed by atoms with Gasteiger partial charge in [0.15, 0.2) is 5.82 Å². The van der Waals surface area contributed by atoms with E-state index in [2.05, 4.69) is 36.7 Å². The predicted molar refractivity (Wildman–Crippen MR) is 98.3 cm³/mol. The van der Waals surface area contributed by atoms with Crippen LogP contribution in [0.5, 0.6) is 0 Å². The molecule has 130 valence electrons. The van der Waals surface area contributed by atoms with Crippen molar-refractivity contribution in [1.29, 1.82) is 0 Å². The Morgan fingerprint density at radius 3 is 2.88 bits per heavy atom. The van der Waals surface area contributed by atoms with Gasteiger partial charge in [0.2, 0.25) is 0 Å². The number of nitrogens with zero attached hydrogens (tertiary/aromatic N) is 4. The Bertz CT molecular complexity index is 711. The minimum Gasteiger partial charge on any atom is -0.387 e. The molecule has 0 radical (unpaired) electrons. The minimum atomic E-state index is -0.430. The number of aliphatic hydroxyl groups is 1. The van der Waals surface area contributed by atoms with Crippen molar-refractivity contribution in [3.8, 4) is 0 Å². The van der Waals surface area contributed by atoms with Crippen molar-refractivity contribution >= 4 is 12.0 Å². The number of aliphatic hydroxyl groups excluding tert-OH is 1. The molecule has 1 aromatic heterocycles. The maximum atomic E-state index is 10.6. The first-order chi connectivity index (χ1) is 11.5. The van der Waals surface area contributed by atoms with Gasteiger partial charge in [-0.25, -0.2) is 0 Å². The normalized spacial score (nSPS) is 19.2. The summed E-state index contributed by atoms with van der Waals surface area (Å²) < 4.78 is 1.88. The summed E-state index contributed by atoms with van der Waals surface area (Å²) >= 11 is 0. The van der Waals surface area contributed by atoms with E-state index in [0.29, 0.717) is 0 Å². The summed E-state index contributed by atoms with van der Waals surface area (Å²) in [4.78, 5) is 6.87. The first-order valence-corrected chi connectivity index (χ1v) is 8.93. The maximum Gasteiger partial charge on any atom is 0.158 e. The van der Waals surface area contributed by atoms with Crippen LogP contribution in [-0.4, -0.2) is 27.6 Å². The Kier molecular flexibility index (Phi) is 4.90. The number of allylic oxidation sites excluding steroid dienone is 3. The summed E-state index contributed by atoms with van der Waals surface area (Å²) in [5.74, 6) is 1.01. The lowest BCUT2D eigenvalue weighted by Gasteiger charge is -2.31. The molecule has 0 saturated heterocycles. The first-order valence-electron chi connectivity index (χ1n) is 8.93. The second-order valence-electron chi connectivity index (χ2n) is 6.87. The van der Waals surface area contributed by atoms with E-state index in [1.807, 2.05) is 17.9 Å². The highest BCUT2D eigenvalue weighted by molar-refractivity contribution is 5.74. The third kappa shape index (κ3) is 3.05. The van der Waals surface area contributed by atoms with Crippen LogP contribution in [0.1, 0.15) is 63.8 Å². The molecule has 3 rings (SSSR count). The van der Waals surface area contributed by atoms with Gasteiger partial charge < -0.3 is 10.0 Å². The van der Waals surface area contributed by atoms with Crippen LogP contribution in [0.3, 0.4) is 0 Å². The maximum absolute atomic E-state index is 10.6. The van der Waals surface area contributed by atoms with E-state index >= 15 is 0 Å². The number of fused-ring (bicyclic) bond motifs is 1. The zero-order valence-corrected chi connectivity index (χ0v) is 15.2. The standard InChI is InChI=1S/C19H28N4O/c1-5-7-17(24)18-15-8-6-11-23(19(15)21-22(18)4)16-12-13(2)9-10-20-14(16)3/h9-10,17,24H,5-8,11-12H2,1-4H3. The van der Waals surface area contributed by atoms with Crippen molar-refractivity contribution in [2.45, 2.75) is 59.0 Å². The third-order valence-electron chi connectivity index (χ3n) is 4.93. The molecule has 2 aliphatic heterocycles. The number of aromatic nitrogens is 2.